The highest BCUT2D eigenvalue weighted by Crippen LogP contribution is 2.19. The summed E-state index contributed by atoms with van der Waals surface area (Å²) >= 11 is 0. The summed E-state index contributed by atoms with van der Waals surface area (Å²) in [5.74, 6) is -1.64. The summed E-state index contributed by atoms with van der Waals surface area (Å²) in [6.07, 6.45) is 1.48. The molecule has 3 rings (SSSR count). The van der Waals surface area contributed by atoms with E-state index in [1.165, 1.54) is 12.3 Å². The zero-order valence-corrected chi connectivity index (χ0v) is 12.5. The Hall–Kier alpha value is -3.28. The summed E-state index contributed by atoms with van der Waals surface area (Å²) in [6, 6.07) is 15.6. The molecule has 0 aliphatic carbocycles. The van der Waals surface area contributed by atoms with Gasteiger partial charge in [-0.2, -0.15) is 0 Å². The number of amides is 1. The number of hydrogen-bond donors (Lipinski definition) is 2. The van der Waals surface area contributed by atoms with Gasteiger partial charge in [0.2, 0.25) is 0 Å². The number of anilines is 3. The lowest BCUT2D eigenvalue weighted by Gasteiger charge is -2.08. The van der Waals surface area contributed by atoms with Crippen molar-refractivity contribution in [3.63, 3.8) is 0 Å². The first-order valence-corrected chi connectivity index (χ1v) is 7.16. The predicted molar refractivity (Wildman–Crippen MR) is 88.3 cm³/mol. The summed E-state index contributed by atoms with van der Waals surface area (Å²) in [5, 5.41) is 5.58. The molecule has 0 fully saturated rings. The van der Waals surface area contributed by atoms with Crippen LogP contribution >= 0.6 is 0 Å². The molecule has 24 heavy (non-hydrogen) atoms. The highest BCUT2D eigenvalue weighted by Gasteiger charge is 2.06. The minimum absolute atomic E-state index is 0.237. The Balaban J connectivity index is 1.67. The number of hydrogen-bond acceptors (Lipinski definition) is 3. The molecule has 0 unspecified atom stereocenters. The van der Waals surface area contributed by atoms with Crippen molar-refractivity contribution in [1.82, 2.24) is 4.98 Å². The van der Waals surface area contributed by atoms with Gasteiger partial charge in [-0.25, -0.2) is 13.8 Å². The molecule has 2 aromatic carbocycles. The highest BCUT2D eigenvalue weighted by atomic mass is 19.2. The van der Waals surface area contributed by atoms with E-state index in [2.05, 4.69) is 15.6 Å². The van der Waals surface area contributed by atoms with Crippen molar-refractivity contribution in [3.05, 3.63) is 84.1 Å². The summed E-state index contributed by atoms with van der Waals surface area (Å²) in [6.45, 7) is 0. The van der Waals surface area contributed by atoms with E-state index in [0.29, 0.717) is 22.8 Å². The molecule has 0 atom stereocenters. The smallest absolute Gasteiger partial charge is 0.255 e. The predicted octanol–water partition coefficient (Wildman–Crippen LogP) is 4.36. The van der Waals surface area contributed by atoms with E-state index in [1.54, 1.807) is 36.4 Å². The largest absolute Gasteiger partial charge is 0.340 e. The van der Waals surface area contributed by atoms with E-state index in [-0.39, 0.29) is 5.91 Å². The Morgan fingerprint density at radius 3 is 2.29 bits per heavy atom. The molecule has 2 N–H and O–H groups in total. The van der Waals surface area contributed by atoms with E-state index in [1.807, 2.05) is 6.07 Å². The first kappa shape index (κ1) is 15.6. The fraction of sp³-hybridized carbons (Fsp3) is 0. The van der Waals surface area contributed by atoms with Crippen LogP contribution in [0.1, 0.15) is 10.4 Å². The van der Waals surface area contributed by atoms with Gasteiger partial charge in [0.15, 0.2) is 11.6 Å². The zero-order valence-electron chi connectivity index (χ0n) is 12.5. The van der Waals surface area contributed by atoms with Crippen LogP contribution in [-0.2, 0) is 0 Å². The van der Waals surface area contributed by atoms with E-state index in [0.717, 1.165) is 12.1 Å². The van der Waals surface area contributed by atoms with Crippen molar-refractivity contribution < 1.29 is 13.6 Å². The molecular formula is C18H13F2N3O. The lowest BCUT2D eigenvalue weighted by atomic mass is 10.2. The van der Waals surface area contributed by atoms with Crippen LogP contribution in [0.3, 0.4) is 0 Å². The molecular weight excluding hydrogens is 312 g/mol. The van der Waals surface area contributed by atoms with Crippen LogP contribution in [0.15, 0.2) is 66.9 Å². The van der Waals surface area contributed by atoms with E-state index < -0.39 is 11.6 Å². The normalized spacial score (nSPS) is 10.2. The van der Waals surface area contributed by atoms with Crippen molar-refractivity contribution in [2.24, 2.45) is 0 Å². The van der Waals surface area contributed by atoms with Crippen LogP contribution in [0, 0.1) is 11.6 Å². The molecule has 0 bridgehead atoms. The fourth-order valence-corrected chi connectivity index (χ4v) is 2.06. The monoisotopic (exact) mass is 325 g/mol. The van der Waals surface area contributed by atoms with E-state index in [9.17, 15) is 13.6 Å². The molecule has 6 heteroatoms. The molecule has 0 radical (unpaired) electrons. The lowest BCUT2D eigenvalue weighted by Crippen LogP contribution is -2.11. The van der Waals surface area contributed by atoms with Crippen molar-refractivity contribution >= 4 is 23.1 Å². The molecule has 0 aliphatic heterocycles. The number of pyridine rings is 1. The Morgan fingerprint density at radius 2 is 1.62 bits per heavy atom. The number of rotatable bonds is 4. The molecule has 0 aliphatic rings. The Kier molecular flexibility index (Phi) is 4.47. The van der Waals surface area contributed by atoms with Gasteiger partial charge in [0, 0.05) is 17.3 Å². The first-order valence-electron chi connectivity index (χ1n) is 7.16. The molecule has 3 aromatic rings. The van der Waals surface area contributed by atoms with Gasteiger partial charge in [-0.15, -0.1) is 0 Å². The maximum atomic E-state index is 13.2. The van der Waals surface area contributed by atoms with Gasteiger partial charge < -0.3 is 10.6 Å². The van der Waals surface area contributed by atoms with Crippen LogP contribution in [0.2, 0.25) is 0 Å². The molecule has 1 aromatic heterocycles. The number of carbonyl (C=O) groups excluding carboxylic acids is 1. The highest BCUT2D eigenvalue weighted by molar-refractivity contribution is 6.04. The van der Waals surface area contributed by atoms with Gasteiger partial charge in [-0.1, -0.05) is 18.2 Å². The minimum Gasteiger partial charge on any atom is -0.340 e. The molecule has 0 saturated carbocycles. The third-order valence-electron chi connectivity index (χ3n) is 3.25. The van der Waals surface area contributed by atoms with Gasteiger partial charge in [0.05, 0.1) is 11.9 Å². The Bertz CT molecular complexity index is 852. The number of nitrogens with one attached hydrogen (secondary N) is 2. The molecule has 0 spiro atoms. The first-order chi connectivity index (χ1) is 11.6. The quantitative estimate of drug-likeness (QED) is 0.749. The topological polar surface area (TPSA) is 54.0 Å². The van der Waals surface area contributed by atoms with Crippen LogP contribution in [0.25, 0.3) is 0 Å². The van der Waals surface area contributed by atoms with E-state index >= 15 is 0 Å². The molecule has 4 nitrogen and oxygen atoms in total. The van der Waals surface area contributed by atoms with Gasteiger partial charge in [0.25, 0.3) is 5.91 Å². The second-order valence-corrected chi connectivity index (χ2v) is 5.01. The molecule has 120 valence electrons. The third-order valence-corrected chi connectivity index (χ3v) is 3.25. The summed E-state index contributed by atoms with van der Waals surface area (Å²) in [7, 11) is 0. The van der Waals surface area contributed by atoms with E-state index in [4.69, 9.17) is 0 Å². The molecule has 1 amide bonds. The number of carbonyl (C=O) groups is 1. The maximum Gasteiger partial charge on any atom is 0.255 e. The Labute approximate surface area is 137 Å². The summed E-state index contributed by atoms with van der Waals surface area (Å²) < 4.78 is 26.1. The molecule has 0 saturated heterocycles. The average molecular weight is 325 g/mol. The van der Waals surface area contributed by atoms with Crippen LogP contribution in [0.5, 0.6) is 0 Å². The number of benzene rings is 2. The summed E-state index contributed by atoms with van der Waals surface area (Å²) in [5.41, 5.74) is 1.45. The summed E-state index contributed by atoms with van der Waals surface area (Å²) in [4.78, 5) is 16.2. The standard InChI is InChI=1S/C18H13F2N3O/c19-15-8-6-13(10-16(15)20)22-17-9-7-14(11-21-17)23-18(24)12-4-2-1-3-5-12/h1-11H,(H,21,22)(H,23,24). The van der Waals surface area contributed by atoms with Gasteiger partial charge in [-0.3, -0.25) is 4.79 Å². The van der Waals surface area contributed by atoms with Crippen molar-refractivity contribution in [2.45, 2.75) is 0 Å². The van der Waals surface area contributed by atoms with Crippen LogP contribution < -0.4 is 10.6 Å². The second kappa shape index (κ2) is 6.87. The SMILES string of the molecule is O=C(Nc1ccc(Nc2ccc(F)c(F)c2)nc1)c1ccccc1. The van der Waals surface area contributed by atoms with Gasteiger partial charge in [0.1, 0.15) is 5.82 Å². The fourth-order valence-electron chi connectivity index (χ4n) is 2.06. The number of nitrogens with zero attached hydrogens (tertiary/aromatic N) is 1. The second-order valence-electron chi connectivity index (χ2n) is 5.01. The van der Waals surface area contributed by atoms with Crippen molar-refractivity contribution in [1.29, 1.82) is 0 Å². The number of aromatic nitrogens is 1. The van der Waals surface area contributed by atoms with Gasteiger partial charge >= 0.3 is 0 Å². The van der Waals surface area contributed by atoms with Crippen molar-refractivity contribution in [2.75, 3.05) is 10.6 Å². The Morgan fingerprint density at radius 1 is 0.875 bits per heavy atom. The average Bonchev–Trinajstić information content (AvgIpc) is 2.61. The number of halogens is 2. The third kappa shape index (κ3) is 3.73. The molecule has 1 heterocycles. The maximum absolute atomic E-state index is 13.2. The lowest BCUT2D eigenvalue weighted by molar-refractivity contribution is 0.102. The van der Waals surface area contributed by atoms with Crippen molar-refractivity contribution in [3.8, 4) is 0 Å². The van der Waals surface area contributed by atoms with Crippen LogP contribution in [-0.4, -0.2) is 10.9 Å². The van der Waals surface area contributed by atoms with Gasteiger partial charge in [-0.05, 0) is 36.4 Å². The minimum atomic E-state index is -0.938. The zero-order chi connectivity index (χ0) is 16.9. The van der Waals surface area contributed by atoms with Crippen LogP contribution in [0.4, 0.5) is 26.0 Å².